The van der Waals surface area contributed by atoms with Crippen molar-refractivity contribution in [1.82, 2.24) is 23.7 Å². The summed E-state index contributed by atoms with van der Waals surface area (Å²) in [6, 6.07) is 133. The third kappa shape index (κ3) is 8.95. The second kappa shape index (κ2) is 23.5. The van der Waals surface area contributed by atoms with Crippen LogP contribution in [0.3, 0.4) is 0 Å². The standard InChI is InChI=1S/C106H61N5S/c1-3-25-75(26-4-1)109-94-46-39-65(62-20-13-21-71(50-62)104-102-84-32-11-9-30-79(84)82-35-15-23-73(60-107-104)100(82)102)54-88(94)89-55-68(41-47-95(89)109)69-43-49-99-92(57-69)86-37-17-34-78(106(86)112-99)70-38-44-81-87-53-66(40-45-93(87)110(97(81)59-70)76-27-5-2-6-28-76)67-42-48-96-90(56-67)91-52-63-18-7-8-19-64(63)58-98(91)111(96)77-29-14-22-72(51-77)105-103-85-33-12-10-31-80(85)83-36-16-24-74(61-108-105)101(83)103/h1-61H. The molecule has 0 N–H and O–H groups in total. The summed E-state index contributed by atoms with van der Waals surface area (Å²) < 4.78 is 9.90. The minimum Gasteiger partial charge on any atom is -0.309 e. The molecule has 0 amide bonds. The molecule has 0 radical (unpaired) electrons. The Morgan fingerprint density at radius 1 is 0.205 bits per heavy atom. The summed E-state index contributed by atoms with van der Waals surface area (Å²) in [6.07, 6.45) is 4.10. The third-order valence-corrected chi connectivity index (χ3v) is 25.5. The van der Waals surface area contributed by atoms with E-state index in [4.69, 9.17) is 9.97 Å². The molecule has 0 spiro atoms. The van der Waals surface area contributed by atoms with Gasteiger partial charge in [0.2, 0.25) is 0 Å². The number of aromatic nitrogens is 5. The smallest absolute Gasteiger partial charge is 0.0787 e. The molecular formula is C106H61N5S. The minimum absolute atomic E-state index is 1.00. The number of hydrogen-bond donors (Lipinski definition) is 0. The quantitative estimate of drug-likeness (QED) is 0.144. The van der Waals surface area contributed by atoms with Crippen LogP contribution in [0.1, 0.15) is 0 Å². The van der Waals surface area contributed by atoms with Crippen LogP contribution in [0.5, 0.6) is 0 Å². The Kier molecular flexibility index (Phi) is 12.9. The lowest BCUT2D eigenvalue weighted by Crippen LogP contribution is -1.96. The third-order valence-electron chi connectivity index (χ3n) is 24.3. The lowest BCUT2D eigenvalue weighted by molar-refractivity contribution is 1.18. The van der Waals surface area contributed by atoms with E-state index in [1.807, 2.05) is 17.5 Å². The molecule has 0 atom stereocenters. The Labute approximate surface area is 647 Å². The average molecular weight is 1440 g/mol. The van der Waals surface area contributed by atoms with Crippen molar-refractivity contribution in [2.24, 2.45) is 0 Å². The molecule has 0 bridgehead atoms. The zero-order valence-electron chi connectivity index (χ0n) is 60.4. The van der Waals surface area contributed by atoms with Crippen LogP contribution in [0.25, 0.3) is 246 Å². The predicted molar refractivity (Wildman–Crippen MR) is 472 cm³/mol. The van der Waals surface area contributed by atoms with Crippen molar-refractivity contribution in [3.8, 4) is 129 Å². The Hall–Kier alpha value is -14.6. The van der Waals surface area contributed by atoms with Gasteiger partial charge in [-0.25, -0.2) is 0 Å². The van der Waals surface area contributed by atoms with Crippen molar-refractivity contribution in [2.75, 3.05) is 0 Å². The van der Waals surface area contributed by atoms with Crippen LogP contribution in [-0.2, 0) is 0 Å². The molecule has 2 aliphatic rings. The number of benzene rings is 17. The zero-order valence-corrected chi connectivity index (χ0v) is 61.2. The van der Waals surface area contributed by atoms with E-state index in [2.05, 4.69) is 378 Å². The Balaban J connectivity index is 0.583. The number of fused-ring (bicyclic) bond motifs is 19. The normalized spacial score (nSPS) is 12.3. The van der Waals surface area contributed by atoms with Crippen LogP contribution < -0.4 is 0 Å². The second-order valence-corrected chi connectivity index (χ2v) is 31.3. The van der Waals surface area contributed by atoms with Crippen LogP contribution in [0.2, 0.25) is 0 Å². The maximum atomic E-state index is 5.25. The number of rotatable bonds is 9. The fourth-order valence-corrected chi connectivity index (χ4v) is 20.5. The van der Waals surface area contributed by atoms with Gasteiger partial charge in [-0.1, -0.05) is 237 Å². The minimum atomic E-state index is 1.00. The van der Waals surface area contributed by atoms with Crippen LogP contribution in [-0.4, -0.2) is 23.7 Å². The van der Waals surface area contributed by atoms with Gasteiger partial charge in [-0.05, 0) is 210 Å². The highest BCUT2D eigenvalue weighted by Crippen LogP contribution is 2.54. The van der Waals surface area contributed by atoms with Crippen LogP contribution in [0, 0.1) is 0 Å². The van der Waals surface area contributed by atoms with E-state index in [-0.39, 0.29) is 0 Å². The maximum absolute atomic E-state index is 5.25. The van der Waals surface area contributed by atoms with Crippen molar-refractivity contribution in [1.29, 1.82) is 0 Å². The SMILES string of the molecule is c1ccc(-n2c3ccc(-c4cccc(-c5ncc6cccc7c6c5-c5ccccc5-7)c4)cc3c3cc(-c4ccc5sc6c(-c7ccc8c9cc(-c%10ccc%11c(c%10)c%10cc%12ccccc%12cc%10n%11-c%10cccc(-c%11ncc%12cccc%13c%12c%11-c%11ccccc%11-%13)c%10)ccc9n(-c9ccccc9)c8c7)cccc6c5c4)ccc32)cc1. The van der Waals surface area contributed by atoms with Crippen molar-refractivity contribution in [3.05, 3.63) is 370 Å². The molecule has 516 valence electrons. The van der Waals surface area contributed by atoms with Crippen LogP contribution in [0.4, 0.5) is 0 Å². The molecule has 25 rings (SSSR count). The fraction of sp³-hybridized carbons (Fsp3) is 0. The summed E-state index contributed by atoms with van der Waals surface area (Å²) in [5.41, 5.74) is 34.0. The van der Waals surface area contributed by atoms with Crippen LogP contribution in [0.15, 0.2) is 370 Å². The largest absolute Gasteiger partial charge is 0.309 e. The fourth-order valence-electron chi connectivity index (χ4n) is 19.3. The predicted octanol–water partition coefficient (Wildman–Crippen LogP) is 28.9. The summed E-state index contributed by atoms with van der Waals surface area (Å²) in [5.74, 6) is 0. The number of nitrogens with zero attached hydrogens (tertiary/aromatic N) is 5. The van der Waals surface area contributed by atoms with Gasteiger partial charge in [-0.3, -0.25) is 9.97 Å². The molecule has 0 aliphatic heterocycles. The molecule has 112 heavy (non-hydrogen) atoms. The summed E-state index contributed by atoms with van der Waals surface area (Å²) in [7, 11) is 0. The Morgan fingerprint density at radius 3 is 1.19 bits per heavy atom. The first-order valence-electron chi connectivity index (χ1n) is 38.5. The van der Waals surface area contributed by atoms with Crippen LogP contribution >= 0.6 is 11.3 Å². The first-order chi connectivity index (χ1) is 55.5. The lowest BCUT2D eigenvalue weighted by Gasteiger charge is -2.13. The van der Waals surface area contributed by atoms with E-state index < -0.39 is 0 Å². The zero-order chi connectivity index (χ0) is 73.0. The van der Waals surface area contributed by atoms with Gasteiger partial charge in [-0.15, -0.1) is 11.3 Å². The van der Waals surface area contributed by atoms with Gasteiger partial charge < -0.3 is 13.7 Å². The van der Waals surface area contributed by atoms with Crippen molar-refractivity contribution >= 4 is 129 Å². The summed E-state index contributed by atoms with van der Waals surface area (Å²) in [6.45, 7) is 0. The van der Waals surface area contributed by atoms with Gasteiger partial charge in [0.1, 0.15) is 0 Å². The van der Waals surface area contributed by atoms with Gasteiger partial charge in [0.15, 0.2) is 0 Å². The molecule has 0 saturated heterocycles. The van der Waals surface area contributed by atoms with E-state index in [1.165, 1.54) is 185 Å². The summed E-state index contributed by atoms with van der Waals surface area (Å²) in [5, 5.41) is 17.1. The van der Waals surface area contributed by atoms with E-state index >= 15 is 0 Å². The molecule has 6 heteroatoms. The van der Waals surface area contributed by atoms with Gasteiger partial charge in [0.05, 0.1) is 44.5 Å². The molecule has 0 saturated carbocycles. The maximum Gasteiger partial charge on any atom is 0.0787 e. The number of para-hydroxylation sites is 2. The average Bonchev–Trinajstić information content (AvgIpc) is 1.58. The monoisotopic (exact) mass is 1440 g/mol. The number of pyridine rings is 2. The van der Waals surface area contributed by atoms with Crippen molar-refractivity contribution in [2.45, 2.75) is 0 Å². The highest BCUT2D eigenvalue weighted by Gasteiger charge is 2.29. The topological polar surface area (TPSA) is 40.6 Å². The van der Waals surface area contributed by atoms with Crippen molar-refractivity contribution in [3.63, 3.8) is 0 Å². The molecule has 23 aromatic rings. The van der Waals surface area contributed by atoms with E-state index in [0.717, 1.165) is 61.6 Å². The lowest BCUT2D eigenvalue weighted by atomic mass is 9.95. The van der Waals surface area contributed by atoms with Gasteiger partial charge in [0.25, 0.3) is 0 Å². The molecule has 17 aromatic carbocycles. The number of hydrogen-bond acceptors (Lipinski definition) is 3. The number of thiophene rings is 1. The molecule has 0 fully saturated rings. The van der Waals surface area contributed by atoms with Gasteiger partial charge in [-0.2, -0.15) is 0 Å². The molecule has 2 aliphatic carbocycles. The van der Waals surface area contributed by atoms with E-state index in [1.54, 1.807) is 0 Å². The van der Waals surface area contributed by atoms with Crippen molar-refractivity contribution < 1.29 is 0 Å². The first kappa shape index (κ1) is 61.5. The van der Waals surface area contributed by atoms with Gasteiger partial charge in [0, 0.05) is 126 Å². The molecule has 5 nitrogen and oxygen atoms in total. The Morgan fingerprint density at radius 2 is 0.598 bits per heavy atom. The Bertz CT molecular complexity index is 8070. The molecule has 0 unspecified atom stereocenters. The van der Waals surface area contributed by atoms with Gasteiger partial charge >= 0.3 is 0 Å². The first-order valence-corrected chi connectivity index (χ1v) is 39.3. The molecular weight excluding hydrogens is 1380 g/mol. The molecule has 6 heterocycles. The molecule has 6 aromatic heterocycles. The van der Waals surface area contributed by atoms with E-state index in [9.17, 15) is 0 Å². The summed E-state index contributed by atoms with van der Waals surface area (Å²) >= 11 is 1.89. The highest BCUT2D eigenvalue weighted by molar-refractivity contribution is 7.26. The van der Waals surface area contributed by atoms with E-state index in [0.29, 0.717) is 0 Å². The summed E-state index contributed by atoms with van der Waals surface area (Å²) in [4.78, 5) is 10.4. The highest BCUT2D eigenvalue weighted by atomic mass is 32.1. The second-order valence-electron chi connectivity index (χ2n) is 30.3.